The lowest BCUT2D eigenvalue weighted by atomic mass is 9.93. The van der Waals surface area contributed by atoms with E-state index >= 15 is 0 Å². The SMILES string of the molecule is CCC(NC(=O)c1cnc2c(cnn2CC)c1NC1CCC(=NO)CC1)c1cccc(O)c1. The lowest BCUT2D eigenvalue weighted by Gasteiger charge is -2.26. The van der Waals surface area contributed by atoms with Crippen LogP contribution in [0.4, 0.5) is 5.69 Å². The number of hydrogen-bond acceptors (Lipinski definition) is 7. The maximum absolute atomic E-state index is 13.4. The smallest absolute Gasteiger partial charge is 0.255 e. The van der Waals surface area contributed by atoms with Crippen LogP contribution in [0, 0.1) is 0 Å². The van der Waals surface area contributed by atoms with Crippen LogP contribution in [-0.2, 0) is 6.54 Å². The first kappa shape index (κ1) is 22.6. The Balaban J connectivity index is 1.65. The van der Waals surface area contributed by atoms with E-state index in [1.54, 1.807) is 35.3 Å². The number of carbonyl (C=O) groups excluding carboxylic acids is 1. The summed E-state index contributed by atoms with van der Waals surface area (Å²) < 4.78 is 1.81. The minimum Gasteiger partial charge on any atom is -0.508 e. The number of anilines is 1. The second kappa shape index (κ2) is 9.89. The van der Waals surface area contributed by atoms with Gasteiger partial charge in [0.2, 0.25) is 0 Å². The maximum Gasteiger partial charge on any atom is 0.255 e. The molecule has 1 atom stereocenters. The molecule has 0 spiro atoms. The Hall–Kier alpha value is -3.62. The zero-order chi connectivity index (χ0) is 23.4. The molecule has 9 heteroatoms. The van der Waals surface area contributed by atoms with Gasteiger partial charge in [-0.1, -0.05) is 24.2 Å². The van der Waals surface area contributed by atoms with Crippen LogP contribution in [0.2, 0.25) is 0 Å². The molecule has 4 rings (SSSR count). The fourth-order valence-corrected chi connectivity index (χ4v) is 4.38. The second-order valence-electron chi connectivity index (χ2n) is 8.36. The number of nitrogens with zero attached hydrogens (tertiary/aromatic N) is 4. The molecule has 1 unspecified atom stereocenters. The summed E-state index contributed by atoms with van der Waals surface area (Å²) in [6.07, 6.45) is 7.09. The van der Waals surface area contributed by atoms with Crippen LogP contribution in [0.25, 0.3) is 11.0 Å². The van der Waals surface area contributed by atoms with Crippen molar-refractivity contribution in [3.8, 4) is 5.75 Å². The number of hydrogen-bond donors (Lipinski definition) is 4. The van der Waals surface area contributed by atoms with Gasteiger partial charge in [-0.3, -0.25) is 4.79 Å². The van der Waals surface area contributed by atoms with Crippen molar-refractivity contribution in [3.63, 3.8) is 0 Å². The molecule has 0 radical (unpaired) electrons. The average Bonchev–Trinajstić information content (AvgIpc) is 3.26. The van der Waals surface area contributed by atoms with Gasteiger partial charge < -0.3 is 20.9 Å². The fraction of sp³-hybridized carbons (Fsp3) is 0.417. The Morgan fingerprint density at radius 1 is 1.27 bits per heavy atom. The predicted molar refractivity (Wildman–Crippen MR) is 127 cm³/mol. The van der Waals surface area contributed by atoms with Crippen LogP contribution in [0.15, 0.2) is 41.8 Å². The first-order valence-electron chi connectivity index (χ1n) is 11.4. The largest absolute Gasteiger partial charge is 0.508 e. The number of aryl methyl sites for hydroxylation is 1. The van der Waals surface area contributed by atoms with Crippen LogP contribution >= 0.6 is 0 Å². The highest BCUT2D eigenvalue weighted by atomic mass is 16.4. The Labute approximate surface area is 192 Å². The number of carbonyl (C=O) groups is 1. The molecular formula is C24H30N6O3. The molecule has 1 fully saturated rings. The molecule has 9 nitrogen and oxygen atoms in total. The molecular weight excluding hydrogens is 420 g/mol. The van der Waals surface area contributed by atoms with E-state index in [9.17, 15) is 9.90 Å². The van der Waals surface area contributed by atoms with Crippen molar-refractivity contribution in [3.05, 3.63) is 47.8 Å². The molecule has 2 heterocycles. The number of benzene rings is 1. The van der Waals surface area contributed by atoms with Crippen LogP contribution in [-0.4, -0.2) is 42.7 Å². The van der Waals surface area contributed by atoms with E-state index in [1.807, 2.05) is 19.9 Å². The molecule has 0 saturated heterocycles. The quantitative estimate of drug-likeness (QED) is 0.315. The highest BCUT2D eigenvalue weighted by Crippen LogP contribution is 2.30. The van der Waals surface area contributed by atoms with Crippen LogP contribution in [0.5, 0.6) is 5.75 Å². The van der Waals surface area contributed by atoms with Gasteiger partial charge in [-0.05, 0) is 56.7 Å². The molecule has 0 aliphatic heterocycles. The molecule has 1 amide bonds. The average molecular weight is 451 g/mol. The van der Waals surface area contributed by atoms with E-state index < -0.39 is 0 Å². The number of phenolic OH excluding ortho intramolecular Hbond substituents is 1. The summed E-state index contributed by atoms with van der Waals surface area (Å²) in [5.74, 6) is -0.0690. The first-order valence-corrected chi connectivity index (χ1v) is 11.4. The van der Waals surface area contributed by atoms with Gasteiger partial charge in [-0.15, -0.1) is 0 Å². The lowest BCUT2D eigenvalue weighted by Crippen LogP contribution is -2.31. The molecule has 1 aliphatic carbocycles. The minimum absolute atomic E-state index is 0.144. The van der Waals surface area contributed by atoms with Crippen LogP contribution in [0.1, 0.15) is 67.9 Å². The number of nitrogens with one attached hydrogen (secondary N) is 2. The number of oxime groups is 1. The van der Waals surface area contributed by atoms with Gasteiger partial charge in [-0.2, -0.15) is 5.10 Å². The van der Waals surface area contributed by atoms with E-state index in [2.05, 4.69) is 25.9 Å². The minimum atomic E-state index is -0.246. The third-order valence-electron chi connectivity index (χ3n) is 6.25. The van der Waals surface area contributed by atoms with Crippen molar-refractivity contribution in [1.82, 2.24) is 20.1 Å². The zero-order valence-electron chi connectivity index (χ0n) is 19.0. The van der Waals surface area contributed by atoms with Crippen molar-refractivity contribution >= 4 is 28.3 Å². The second-order valence-corrected chi connectivity index (χ2v) is 8.36. The van der Waals surface area contributed by atoms with E-state index in [0.29, 0.717) is 31.4 Å². The van der Waals surface area contributed by atoms with Gasteiger partial charge in [0.25, 0.3) is 5.91 Å². The van der Waals surface area contributed by atoms with E-state index in [1.165, 1.54) is 0 Å². The lowest BCUT2D eigenvalue weighted by molar-refractivity contribution is 0.0936. The molecule has 1 aromatic carbocycles. The van der Waals surface area contributed by atoms with Gasteiger partial charge in [0.15, 0.2) is 5.65 Å². The van der Waals surface area contributed by atoms with Gasteiger partial charge in [-0.25, -0.2) is 9.67 Å². The molecule has 174 valence electrons. The van der Waals surface area contributed by atoms with Crippen molar-refractivity contribution in [1.29, 1.82) is 0 Å². The summed E-state index contributed by atoms with van der Waals surface area (Å²) in [6.45, 7) is 4.67. The third kappa shape index (κ3) is 4.76. The Morgan fingerprint density at radius 2 is 2.06 bits per heavy atom. The monoisotopic (exact) mass is 450 g/mol. The summed E-state index contributed by atoms with van der Waals surface area (Å²) in [7, 11) is 0. The normalized spacial score (nSPS) is 17.0. The summed E-state index contributed by atoms with van der Waals surface area (Å²) in [5, 5.41) is 34.2. The number of fused-ring (bicyclic) bond motifs is 1. The van der Waals surface area contributed by atoms with E-state index in [-0.39, 0.29) is 23.7 Å². The van der Waals surface area contributed by atoms with Crippen molar-refractivity contribution in [2.45, 2.75) is 64.6 Å². The summed E-state index contributed by atoms with van der Waals surface area (Å²) in [6, 6.07) is 6.84. The number of rotatable bonds is 7. The molecule has 3 aromatic rings. The highest BCUT2D eigenvalue weighted by molar-refractivity contribution is 6.06. The van der Waals surface area contributed by atoms with Gasteiger partial charge in [0, 0.05) is 18.8 Å². The van der Waals surface area contributed by atoms with Gasteiger partial charge in [0.1, 0.15) is 5.75 Å². The maximum atomic E-state index is 13.4. The number of aromatic hydroxyl groups is 1. The Bertz CT molecular complexity index is 1160. The van der Waals surface area contributed by atoms with Crippen LogP contribution in [0.3, 0.4) is 0 Å². The first-order chi connectivity index (χ1) is 16.0. The van der Waals surface area contributed by atoms with E-state index in [4.69, 9.17) is 5.21 Å². The highest BCUT2D eigenvalue weighted by Gasteiger charge is 2.24. The van der Waals surface area contributed by atoms with Gasteiger partial charge in [0.05, 0.1) is 34.6 Å². The third-order valence-corrected chi connectivity index (χ3v) is 6.25. The van der Waals surface area contributed by atoms with Crippen LogP contribution < -0.4 is 10.6 Å². The predicted octanol–water partition coefficient (Wildman–Crippen LogP) is 4.22. The standard InChI is InChI=1S/C24H30N6O3/c1-3-21(15-6-5-7-18(31)12-15)28-24(32)20-13-25-23-19(14-26-30(23)4-2)22(20)27-16-8-10-17(29-33)11-9-16/h5-7,12-14,16,21,31,33H,3-4,8-11H2,1-2H3,(H,25,27)(H,28,32). The van der Waals surface area contributed by atoms with Gasteiger partial charge >= 0.3 is 0 Å². The van der Waals surface area contributed by atoms with E-state index in [0.717, 1.165) is 40.8 Å². The number of aromatic nitrogens is 3. The topological polar surface area (TPSA) is 125 Å². The molecule has 1 aliphatic rings. The van der Waals surface area contributed by atoms with Crippen molar-refractivity contribution < 1.29 is 15.1 Å². The number of amides is 1. The molecule has 1 saturated carbocycles. The molecule has 0 bridgehead atoms. The van der Waals surface area contributed by atoms with Crippen molar-refractivity contribution in [2.24, 2.45) is 5.16 Å². The molecule has 2 aromatic heterocycles. The molecule has 4 N–H and O–H groups in total. The van der Waals surface area contributed by atoms with Crippen molar-refractivity contribution in [2.75, 3.05) is 5.32 Å². The summed E-state index contributed by atoms with van der Waals surface area (Å²) in [4.78, 5) is 18.0. The zero-order valence-corrected chi connectivity index (χ0v) is 19.0. The summed E-state index contributed by atoms with van der Waals surface area (Å²) >= 11 is 0. The molecule has 33 heavy (non-hydrogen) atoms. The Morgan fingerprint density at radius 3 is 2.73 bits per heavy atom. The number of pyridine rings is 1. The number of phenols is 1. The fourth-order valence-electron chi connectivity index (χ4n) is 4.38. The Kier molecular flexibility index (Phi) is 6.76. The summed E-state index contributed by atoms with van der Waals surface area (Å²) in [5.41, 5.74) is 3.55.